The van der Waals surface area contributed by atoms with Gasteiger partial charge in [0.25, 0.3) is 0 Å². The Bertz CT molecular complexity index is 1060. The van der Waals surface area contributed by atoms with Crippen molar-refractivity contribution in [2.75, 3.05) is 20.8 Å². The van der Waals surface area contributed by atoms with E-state index in [9.17, 15) is 8.42 Å². The first-order valence-electron chi connectivity index (χ1n) is 8.35. The van der Waals surface area contributed by atoms with Gasteiger partial charge in [0.15, 0.2) is 11.5 Å². The summed E-state index contributed by atoms with van der Waals surface area (Å²) in [5.41, 5.74) is 2.98. The van der Waals surface area contributed by atoms with E-state index in [1.807, 2.05) is 18.2 Å². The number of hydrogen-bond acceptors (Lipinski definition) is 4. The van der Waals surface area contributed by atoms with Crippen LogP contribution in [0.15, 0.2) is 47.4 Å². The van der Waals surface area contributed by atoms with E-state index >= 15 is 0 Å². The minimum Gasteiger partial charge on any atom is -0.493 e. The average molecular weight is 372 g/mol. The zero-order valence-electron chi connectivity index (χ0n) is 14.7. The first kappa shape index (κ1) is 16.9. The van der Waals surface area contributed by atoms with E-state index < -0.39 is 10.0 Å². The fourth-order valence-corrected chi connectivity index (χ4v) is 4.90. The number of H-pyrrole nitrogens is 1. The Morgan fingerprint density at radius 2 is 1.73 bits per heavy atom. The van der Waals surface area contributed by atoms with Gasteiger partial charge in [0.2, 0.25) is 10.0 Å². The van der Waals surface area contributed by atoms with E-state index in [0.29, 0.717) is 35.9 Å². The van der Waals surface area contributed by atoms with Gasteiger partial charge in [0.05, 0.1) is 19.1 Å². The van der Waals surface area contributed by atoms with Gasteiger partial charge in [0.1, 0.15) is 0 Å². The van der Waals surface area contributed by atoms with Gasteiger partial charge in [-0.3, -0.25) is 0 Å². The van der Waals surface area contributed by atoms with Crippen molar-refractivity contribution in [3.8, 4) is 11.5 Å². The largest absolute Gasteiger partial charge is 0.493 e. The fraction of sp³-hybridized carbons (Fsp3) is 0.263. The van der Waals surface area contributed by atoms with Crippen LogP contribution in [-0.4, -0.2) is 38.5 Å². The molecule has 7 heteroatoms. The van der Waals surface area contributed by atoms with Crippen molar-refractivity contribution in [2.24, 2.45) is 0 Å². The number of fused-ring (bicyclic) bond motifs is 3. The molecule has 3 aromatic rings. The first-order valence-corrected chi connectivity index (χ1v) is 9.79. The number of sulfonamides is 1. The summed E-state index contributed by atoms with van der Waals surface area (Å²) < 4.78 is 38.2. The summed E-state index contributed by atoms with van der Waals surface area (Å²) in [5, 5.41) is 0.964. The predicted molar refractivity (Wildman–Crippen MR) is 99.1 cm³/mol. The molecule has 0 radical (unpaired) electrons. The molecule has 1 aliphatic rings. The smallest absolute Gasteiger partial charge is 0.243 e. The Morgan fingerprint density at radius 1 is 1.04 bits per heavy atom. The summed E-state index contributed by atoms with van der Waals surface area (Å²) >= 11 is 0. The van der Waals surface area contributed by atoms with Crippen LogP contribution in [0.4, 0.5) is 0 Å². The monoisotopic (exact) mass is 372 g/mol. The zero-order valence-corrected chi connectivity index (χ0v) is 15.5. The Kier molecular flexibility index (Phi) is 4.13. The van der Waals surface area contributed by atoms with Crippen molar-refractivity contribution < 1.29 is 17.9 Å². The van der Waals surface area contributed by atoms with Crippen LogP contribution in [0.5, 0.6) is 11.5 Å². The number of nitrogens with one attached hydrogen (secondary N) is 1. The molecule has 0 atom stereocenters. The number of rotatable bonds is 4. The lowest BCUT2D eigenvalue weighted by molar-refractivity contribution is 0.355. The molecule has 0 bridgehead atoms. The molecule has 1 aromatic heterocycles. The van der Waals surface area contributed by atoms with Gasteiger partial charge in [-0.15, -0.1) is 0 Å². The maximum absolute atomic E-state index is 12.9. The SMILES string of the molecule is COc1cc2[nH]c3c(c2cc1OC)CN(S(=O)(=O)c1ccccc1)CC3. The van der Waals surface area contributed by atoms with Crippen LogP contribution >= 0.6 is 0 Å². The third kappa shape index (κ3) is 2.64. The zero-order chi connectivity index (χ0) is 18.3. The van der Waals surface area contributed by atoms with E-state index in [1.165, 1.54) is 4.31 Å². The molecule has 1 aliphatic heterocycles. The first-order chi connectivity index (χ1) is 12.5. The standard InChI is InChI=1S/C19H20N2O4S/c1-24-18-10-14-15-12-21(26(22,23)13-6-4-3-5-7-13)9-8-16(15)20-17(14)11-19(18)25-2/h3-7,10-11,20H,8-9,12H2,1-2H3. The van der Waals surface area contributed by atoms with Crippen molar-refractivity contribution in [1.82, 2.24) is 9.29 Å². The molecule has 2 aromatic carbocycles. The molecule has 0 saturated carbocycles. The van der Waals surface area contributed by atoms with Gasteiger partial charge in [-0.1, -0.05) is 18.2 Å². The van der Waals surface area contributed by atoms with E-state index in [1.54, 1.807) is 38.5 Å². The number of ether oxygens (including phenoxy) is 2. The summed E-state index contributed by atoms with van der Waals surface area (Å²) in [6.07, 6.45) is 0.640. The highest BCUT2D eigenvalue weighted by molar-refractivity contribution is 7.89. The van der Waals surface area contributed by atoms with E-state index in [0.717, 1.165) is 22.2 Å². The second kappa shape index (κ2) is 6.34. The maximum Gasteiger partial charge on any atom is 0.243 e. The molecular formula is C19H20N2O4S. The minimum absolute atomic E-state index is 0.322. The van der Waals surface area contributed by atoms with Gasteiger partial charge < -0.3 is 14.5 Å². The Morgan fingerprint density at radius 3 is 2.42 bits per heavy atom. The third-order valence-corrected chi connectivity index (χ3v) is 6.68. The summed E-state index contributed by atoms with van der Waals surface area (Å²) in [6, 6.07) is 12.4. The number of nitrogens with zero attached hydrogens (tertiary/aromatic N) is 1. The quantitative estimate of drug-likeness (QED) is 0.764. The molecule has 0 fully saturated rings. The molecule has 6 nitrogen and oxygen atoms in total. The lowest BCUT2D eigenvalue weighted by atomic mass is 10.1. The minimum atomic E-state index is -3.52. The highest BCUT2D eigenvalue weighted by Gasteiger charge is 2.30. The molecule has 0 unspecified atom stereocenters. The highest BCUT2D eigenvalue weighted by atomic mass is 32.2. The molecule has 4 rings (SSSR count). The van der Waals surface area contributed by atoms with Gasteiger partial charge >= 0.3 is 0 Å². The topological polar surface area (TPSA) is 71.6 Å². The lowest BCUT2D eigenvalue weighted by Gasteiger charge is -2.26. The van der Waals surface area contributed by atoms with E-state index in [4.69, 9.17) is 9.47 Å². The van der Waals surface area contributed by atoms with Crippen molar-refractivity contribution in [3.63, 3.8) is 0 Å². The Labute approximate surface area is 152 Å². The lowest BCUT2D eigenvalue weighted by Crippen LogP contribution is -2.35. The van der Waals surface area contributed by atoms with Crippen LogP contribution < -0.4 is 9.47 Å². The molecule has 0 aliphatic carbocycles. The van der Waals surface area contributed by atoms with Gasteiger partial charge in [-0.2, -0.15) is 4.31 Å². The molecular weight excluding hydrogens is 352 g/mol. The molecule has 0 amide bonds. The summed E-state index contributed by atoms with van der Waals surface area (Å²) in [4.78, 5) is 3.72. The van der Waals surface area contributed by atoms with Crippen LogP contribution in [0.3, 0.4) is 0 Å². The number of hydrogen-bond donors (Lipinski definition) is 1. The Hall–Kier alpha value is -2.51. The summed E-state index contributed by atoms with van der Waals surface area (Å²) in [6.45, 7) is 0.785. The number of aromatic amines is 1. The van der Waals surface area contributed by atoms with Crippen LogP contribution in [0.2, 0.25) is 0 Å². The third-order valence-electron chi connectivity index (χ3n) is 4.83. The summed E-state index contributed by atoms with van der Waals surface area (Å²) in [7, 11) is -0.326. The van der Waals surface area contributed by atoms with Crippen LogP contribution in [0.1, 0.15) is 11.3 Å². The highest BCUT2D eigenvalue weighted by Crippen LogP contribution is 2.37. The number of methoxy groups -OCH3 is 2. The Balaban J connectivity index is 1.77. The summed E-state index contributed by atoms with van der Waals surface area (Å²) in [5.74, 6) is 1.28. The van der Waals surface area contributed by atoms with Crippen molar-refractivity contribution in [2.45, 2.75) is 17.9 Å². The van der Waals surface area contributed by atoms with Gasteiger partial charge in [-0.05, 0) is 23.8 Å². The predicted octanol–water partition coefficient (Wildman–Crippen LogP) is 2.93. The second-order valence-electron chi connectivity index (χ2n) is 6.24. The normalized spacial score (nSPS) is 15.0. The molecule has 1 N–H and O–H groups in total. The fourth-order valence-electron chi connectivity index (χ4n) is 3.47. The van der Waals surface area contributed by atoms with Crippen LogP contribution in [-0.2, 0) is 23.0 Å². The van der Waals surface area contributed by atoms with Crippen LogP contribution in [0, 0.1) is 0 Å². The van der Waals surface area contributed by atoms with E-state index in [2.05, 4.69) is 4.98 Å². The van der Waals surface area contributed by atoms with Gasteiger partial charge in [0, 0.05) is 42.2 Å². The molecule has 26 heavy (non-hydrogen) atoms. The van der Waals surface area contributed by atoms with Crippen LogP contribution in [0.25, 0.3) is 10.9 Å². The molecule has 136 valence electrons. The molecule has 0 spiro atoms. The average Bonchev–Trinajstić information content (AvgIpc) is 3.04. The van der Waals surface area contributed by atoms with Crippen molar-refractivity contribution in [3.05, 3.63) is 53.7 Å². The molecule has 2 heterocycles. The van der Waals surface area contributed by atoms with Crippen molar-refractivity contribution in [1.29, 1.82) is 0 Å². The maximum atomic E-state index is 12.9. The second-order valence-corrected chi connectivity index (χ2v) is 8.17. The van der Waals surface area contributed by atoms with E-state index in [-0.39, 0.29) is 0 Å². The van der Waals surface area contributed by atoms with Crippen molar-refractivity contribution >= 4 is 20.9 Å². The number of benzene rings is 2. The number of aromatic nitrogens is 1. The van der Waals surface area contributed by atoms with Gasteiger partial charge in [-0.25, -0.2) is 8.42 Å². The molecule has 0 saturated heterocycles.